The first-order valence-corrected chi connectivity index (χ1v) is 10.4. The molecule has 2 aliphatic rings. The van der Waals surface area contributed by atoms with Gasteiger partial charge in [-0.15, -0.1) is 0 Å². The van der Waals surface area contributed by atoms with E-state index >= 15 is 0 Å². The number of likely N-dealkylation sites (tertiary alicyclic amines) is 1. The molecule has 0 amide bonds. The minimum atomic E-state index is -5.08. The number of aromatic nitrogens is 3. The Kier molecular flexibility index (Phi) is 6.42. The molecule has 12 heteroatoms. The summed E-state index contributed by atoms with van der Waals surface area (Å²) in [5, 5.41) is 11.7. The summed E-state index contributed by atoms with van der Waals surface area (Å²) in [6, 6.07) is 11.6. The van der Waals surface area contributed by atoms with E-state index in [0.717, 1.165) is 36.6 Å². The molecule has 0 radical (unpaired) electrons. The molecule has 1 N–H and O–H groups in total. The molecule has 1 aromatic carbocycles. The van der Waals surface area contributed by atoms with Crippen molar-refractivity contribution >= 4 is 5.97 Å². The highest BCUT2D eigenvalue weighted by Gasteiger charge is 2.42. The van der Waals surface area contributed by atoms with Gasteiger partial charge in [0.15, 0.2) is 0 Å². The zero-order chi connectivity index (χ0) is 24.5. The number of carboxylic acids is 1. The van der Waals surface area contributed by atoms with Crippen LogP contribution in [-0.4, -0.2) is 49.6 Å². The molecule has 3 aromatic rings. The predicted molar refractivity (Wildman–Crippen MR) is 112 cm³/mol. The van der Waals surface area contributed by atoms with Gasteiger partial charge in [0.25, 0.3) is 0 Å². The van der Waals surface area contributed by atoms with E-state index in [-0.39, 0.29) is 5.92 Å². The van der Waals surface area contributed by atoms with Gasteiger partial charge in [0, 0.05) is 43.6 Å². The fraction of sp³-hybridized carbons (Fsp3) is 0.364. The first-order valence-electron chi connectivity index (χ1n) is 10.4. The second-order valence-corrected chi connectivity index (χ2v) is 8.22. The summed E-state index contributed by atoms with van der Waals surface area (Å²) in [6.45, 7) is 3.46. The lowest BCUT2D eigenvalue weighted by Gasteiger charge is -2.17. The summed E-state index contributed by atoms with van der Waals surface area (Å²) in [4.78, 5) is 36.3. The molecule has 0 spiro atoms. The highest BCUT2D eigenvalue weighted by molar-refractivity contribution is 5.73. The van der Waals surface area contributed by atoms with Crippen LogP contribution in [0, 0.1) is 5.92 Å². The van der Waals surface area contributed by atoms with Crippen molar-refractivity contribution in [2.45, 2.75) is 31.7 Å². The summed E-state index contributed by atoms with van der Waals surface area (Å²) in [7, 11) is 0. The van der Waals surface area contributed by atoms with E-state index in [1.807, 2.05) is 36.4 Å². The SMILES string of the molecule is O=C(O)C(F)(F)F.O=c1c(=O)n2c(nn1Cc1ccccc1)[C@@H]1CN(Cc3ccoc3)C[C@@H]1C2. The fourth-order valence-corrected chi connectivity index (χ4v) is 4.31. The van der Waals surface area contributed by atoms with E-state index in [1.54, 1.807) is 17.1 Å². The number of benzene rings is 1. The highest BCUT2D eigenvalue weighted by Crippen LogP contribution is 2.37. The van der Waals surface area contributed by atoms with E-state index in [1.165, 1.54) is 4.68 Å². The minimum absolute atomic E-state index is 0.187. The quantitative estimate of drug-likeness (QED) is 0.571. The van der Waals surface area contributed by atoms with Crippen LogP contribution in [0.15, 0.2) is 62.9 Å². The standard InChI is InChI=1S/C20H20N4O3.C2HF3O2/c25-19-20(26)24(9-14-4-2-1-3-5-14)21-18-17-12-22(8-15-6-7-27-13-15)10-16(17)11-23(18)19;3-2(4,5)1(6)7/h1-7,13,16-17H,8-12H2;(H,6,7)/t16-,17-;/m1./s1. The van der Waals surface area contributed by atoms with Gasteiger partial charge in [0.1, 0.15) is 5.82 Å². The maximum Gasteiger partial charge on any atom is 0.490 e. The van der Waals surface area contributed by atoms with E-state index in [9.17, 15) is 22.8 Å². The lowest BCUT2D eigenvalue weighted by molar-refractivity contribution is -0.192. The number of carboxylic acid groups (broad SMARTS) is 1. The summed E-state index contributed by atoms with van der Waals surface area (Å²) < 4.78 is 39.8. The van der Waals surface area contributed by atoms with Crippen molar-refractivity contribution in [2.75, 3.05) is 13.1 Å². The molecule has 2 aliphatic heterocycles. The first kappa shape index (κ1) is 23.5. The molecule has 1 saturated heterocycles. The number of hydrogen-bond donors (Lipinski definition) is 1. The lowest BCUT2D eigenvalue weighted by Crippen LogP contribution is -2.44. The number of halogens is 3. The number of rotatable bonds is 4. The maximum absolute atomic E-state index is 12.6. The lowest BCUT2D eigenvalue weighted by atomic mass is 10.00. The topological polar surface area (TPSA) is 111 Å². The zero-order valence-electron chi connectivity index (χ0n) is 17.8. The zero-order valence-corrected chi connectivity index (χ0v) is 17.8. The average molecular weight is 478 g/mol. The second-order valence-electron chi connectivity index (χ2n) is 8.22. The molecule has 0 saturated carbocycles. The summed E-state index contributed by atoms with van der Waals surface area (Å²) in [5.74, 6) is -1.50. The summed E-state index contributed by atoms with van der Waals surface area (Å²) in [5.41, 5.74) is 1.11. The number of hydrogen-bond acceptors (Lipinski definition) is 6. The number of fused-ring (bicyclic) bond motifs is 3. The molecule has 34 heavy (non-hydrogen) atoms. The average Bonchev–Trinajstić information content (AvgIpc) is 3.50. The van der Waals surface area contributed by atoms with Crippen molar-refractivity contribution in [1.29, 1.82) is 0 Å². The van der Waals surface area contributed by atoms with Crippen molar-refractivity contribution in [3.05, 3.63) is 86.6 Å². The van der Waals surface area contributed by atoms with E-state index in [0.29, 0.717) is 19.0 Å². The van der Waals surface area contributed by atoms with Crippen LogP contribution in [0.25, 0.3) is 0 Å². The van der Waals surface area contributed by atoms with Crippen LogP contribution in [-0.2, 0) is 24.4 Å². The van der Waals surface area contributed by atoms with Gasteiger partial charge in [-0.1, -0.05) is 30.3 Å². The van der Waals surface area contributed by atoms with Gasteiger partial charge >= 0.3 is 23.3 Å². The monoisotopic (exact) mass is 478 g/mol. The number of furan rings is 1. The van der Waals surface area contributed by atoms with Gasteiger partial charge < -0.3 is 9.52 Å². The molecule has 180 valence electrons. The first-order chi connectivity index (χ1) is 16.1. The predicted octanol–water partition coefficient (Wildman–Crippen LogP) is 1.91. The molecular formula is C22H21F3N4O5. The normalized spacial score (nSPS) is 19.3. The van der Waals surface area contributed by atoms with Gasteiger partial charge in [-0.05, 0) is 11.6 Å². The largest absolute Gasteiger partial charge is 0.490 e. The molecule has 1 fully saturated rings. The minimum Gasteiger partial charge on any atom is -0.475 e. The van der Waals surface area contributed by atoms with Crippen molar-refractivity contribution in [1.82, 2.24) is 19.2 Å². The van der Waals surface area contributed by atoms with E-state index < -0.39 is 23.3 Å². The van der Waals surface area contributed by atoms with Crippen LogP contribution in [0.5, 0.6) is 0 Å². The van der Waals surface area contributed by atoms with Crippen LogP contribution >= 0.6 is 0 Å². The molecule has 0 aliphatic carbocycles. The van der Waals surface area contributed by atoms with Gasteiger partial charge in [-0.25, -0.2) is 9.48 Å². The molecule has 0 unspecified atom stereocenters. The van der Waals surface area contributed by atoms with Gasteiger partial charge in [0.2, 0.25) is 0 Å². The fourth-order valence-electron chi connectivity index (χ4n) is 4.31. The third kappa shape index (κ3) is 4.96. The Balaban J connectivity index is 0.000000344. The Hall–Kier alpha value is -3.67. The van der Waals surface area contributed by atoms with Crippen molar-refractivity contribution in [2.24, 2.45) is 5.92 Å². The molecule has 9 nitrogen and oxygen atoms in total. The Bertz CT molecular complexity index is 1270. The third-order valence-electron chi connectivity index (χ3n) is 5.83. The molecule has 4 heterocycles. The van der Waals surface area contributed by atoms with Crippen LogP contribution in [0.3, 0.4) is 0 Å². The van der Waals surface area contributed by atoms with Crippen molar-refractivity contribution in [3.8, 4) is 0 Å². The molecular weight excluding hydrogens is 457 g/mol. The summed E-state index contributed by atoms with van der Waals surface area (Å²) >= 11 is 0. The Morgan fingerprint density at radius 3 is 2.35 bits per heavy atom. The van der Waals surface area contributed by atoms with Crippen LogP contribution < -0.4 is 11.1 Å². The number of aliphatic carboxylic acids is 1. The van der Waals surface area contributed by atoms with E-state index in [4.69, 9.17) is 14.3 Å². The molecule has 5 rings (SSSR count). The highest BCUT2D eigenvalue weighted by atomic mass is 19.4. The summed E-state index contributed by atoms with van der Waals surface area (Å²) in [6.07, 6.45) is -1.63. The molecule has 0 bridgehead atoms. The molecule has 2 aromatic heterocycles. The van der Waals surface area contributed by atoms with Crippen LogP contribution in [0.1, 0.15) is 22.9 Å². The van der Waals surface area contributed by atoms with Crippen molar-refractivity contribution in [3.63, 3.8) is 0 Å². The Morgan fingerprint density at radius 1 is 1.03 bits per heavy atom. The van der Waals surface area contributed by atoms with Gasteiger partial charge in [-0.2, -0.15) is 18.3 Å². The smallest absolute Gasteiger partial charge is 0.475 e. The second kappa shape index (κ2) is 9.29. The third-order valence-corrected chi connectivity index (χ3v) is 5.83. The van der Waals surface area contributed by atoms with Crippen LogP contribution in [0.4, 0.5) is 13.2 Å². The number of nitrogens with zero attached hydrogens (tertiary/aromatic N) is 4. The maximum atomic E-state index is 12.6. The van der Waals surface area contributed by atoms with Gasteiger partial charge in [-0.3, -0.25) is 19.1 Å². The van der Waals surface area contributed by atoms with Crippen molar-refractivity contribution < 1.29 is 27.5 Å². The van der Waals surface area contributed by atoms with Crippen LogP contribution in [0.2, 0.25) is 0 Å². The molecule has 2 atom stereocenters. The Morgan fingerprint density at radius 2 is 1.74 bits per heavy atom. The number of alkyl halides is 3. The Labute approximate surface area is 190 Å². The number of carbonyl (C=O) groups is 1. The van der Waals surface area contributed by atoms with Gasteiger partial charge in [0.05, 0.1) is 19.1 Å². The van der Waals surface area contributed by atoms with E-state index in [2.05, 4.69) is 10.00 Å².